The molecular weight excluding hydrogens is 390 g/mol. The Labute approximate surface area is 130 Å². The molecule has 1 aromatic carbocycles. The molecule has 100 valence electrons. The third kappa shape index (κ3) is 2.23. The number of rotatable bonds is 1. The van der Waals surface area contributed by atoms with Gasteiger partial charge < -0.3 is 10.1 Å². The van der Waals surface area contributed by atoms with Gasteiger partial charge in [-0.2, -0.15) is 4.98 Å². The van der Waals surface area contributed by atoms with Crippen molar-refractivity contribution in [3.05, 3.63) is 49.6 Å². The highest BCUT2D eigenvalue weighted by molar-refractivity contribution is 9.11. The summed E-state index contributed by atoms with van der Waals surface area (Å²) in [5.74, 6) is -0.168. The molecule has 5 nitrogen and oxygen atoms in total. The molecule has 2 N–H and O–H groups in total. The number of para-hydroxylation sites is 1. The van der Waals surface area contributed by atoms with Crippen molar-refractivity contribution >= 4 is 42.8 Å². The van der Waals surface area contributed by atoms with E-state index in [1.807, 2.05) is 30.3 Å². The molecule has 0 atom stereocenters. The van der Waals surface area contributed by atoms with Crippen molar-refractivity contribution in [1.82, 2.24) is 15.0 Å². The van der Waals surface area contributed by atoms with Gasteiger partial charge in [0.1, 0.15) is 10.2 Å². The third-order valence-corrected chi connectivity index (χ3v) is 4.07. The van der Waals surface area contributed by atoms with Gasteiger partial charge in [-0.25, -0.2) is 4.98 Å². The highest BCUT2D eigenvalue weighted by Gasteiger charge is 2.13. The van der Waals surface area contributed by atoms with E-state index < -0.39 is 5.56 Å². The lowest BCUT2D eigenvalue weighted by atomic mass is 10.2. The Bertz CT molecular complexity index is 877. The lowest BCUT2D eigenvalue weighted by Gasteiger charge is -2.06. The van der Waals surface area contributed by atoms with Gasteiger partial charge in [0.05, 0.1) is 5.52 Å². The molecule has 0 aliphatic heterocycles. The van der Waals surface area contributed by atoms with E-state index in [1.165, 1.54) is 0 Å². The van der Waals surface area contributed by atoms with Crippen LogP contribution in [0.15, 0.2) is 44.1 Å². The molecule has 0 amide bonds. The van der Waals surface area contributed by atoms with E-state index in [-0.39, 0.29) is 16.2 Å². The number of nitrogens with one attached hydrogen (secondary N) is 1. The Balaban J connectivity index is 2.29. The van der Waals surface area contributed by atoms with E-state index in [0.29, 0.717) is 10.2 Å². The Morgan fingerprint density at radius 2 is 1.90 bits per heavy atom. The van der Waals surface area contributed by atoms with Gasteiger partial charge in [0.2, 0.25) is 5.88 Å². The van der Waals surface area contributed by atoms with Gasteiger partial charge in [-0.05, 0) is 44.0 Å². The van der Waals surface area contributed by atoms with Crippen LogP contribution in [0.5, 0.6) is 5.88 Å². The van der Waals surface area contributed by atoms with Gasteiger partial charge in [0.25, 0.3) is 5.56 Å². The predicted molar refractivity (Wildman–Crippen MR) is 82.7 cm³/mol. The quantitative estimate of drug-likeness (QED) is 0.661. The lowest BCUT2D eigenvalue weighted by Crippen LogP contribution is -2.10. The van der Waals surface area contributed by atoms with E-state index in [2.05, 4.69) is 46.8 Å². The van der Waals surface area contributed by atoms with Crippen molar-refractivity contribution in [2.24, 2.45) is 0 Å². The van der Waals surface area contributed by atoms with Gasteiger partial charge in [-0.1, -0.05) is 18.2 Å². The fourth-order valence-electron chi connectivity index (χ4n) is 1.82. The minimum absolute atomic E-state index is 0.00170. The number of nitrogens with zero attached hydrogens (tertiary/aromatic N) is 2. The summed E-state index contributed by atoms with van der Waals surface area (Å²) in [4.78, 5) is 22.6. The average molecular weight is 397 g/mol. The Morgan fingerprint density at radius 1 is 1.15 bits per heavy atom. The summed E-state index contributed by atoms with van der Waals surface area (Å²) in [5, 5.41) is 10.6. The number of aromatic amines is 1. The van der Waals surface area contributed by atoms with Gasteiger partial charge in [-0.15, -0.1) is 0 Å². The maximum Gasteiger partial charge on any atom is 0.269 e. The number of aromatic hydroxyl groups is 1. The molecule has 2 aromatic heterocycles. The summed E-state index contributed by atoms with van der Waals surface area (Å²) in [6.45, 7) is 0. The van der Waals surface area contributed by atoms with Crippen LogP contribution in [-0.4, -0.2) is 20.1 Å². The summed E-state index contributed by atoms with van der Waals surface area (Å²) in [5.41, 5.74) is 0.772. The van der Waals surface area contributed by atoms with Crippen LogP contribution in [0.4, 0.5) is 0 Å². The van der Waals surface area contributed by atoms with Crippen molar-refractivity contribution in [3.63, 3.8) is 0 Å². The molecule has 0 fully saturated rings. The second-order valence-corrected chi connectivity index (χ2v) is 5.71. The zero-order chi connectivity index (χ0) is 14.3. The Kier molecular flexibility index (Phi) is 3.31. The Hall–Kier alpha value is -1.73. The maximum atomic E-state index is 11.7. The van der Waals surface area contributed by atoms with E-state index in [0.717, 1.165) is 10.9 Å². The Morgan fingerprint density at radius 3 is 2.65 bits per heavy atom. The van der Waals surface area contributed by atoms with Crippen LogP contribution in [0.1, 0.15) is 0 Å². The first kappa shape index (κ1) is 13.3. The van der Waals surface area contributed by atoms with E-state index in [1.54, 1.807) is 0 Å². The second kappa shape index (κ2) is 4.99. The molecular formula is C13H7Br2N3O2. The maximum absolute atomic E-state index is 11.7. The number of halogens is 2. The molecule has 0 spiro atoms. The molecule has 0 saturated carbocycles. The summed E-state index contributed by atoms with van der Waals surface area (Å²) in [6, 6.07) is 9.48. The summed E-state index contributed by atoms with van der Waals surface area (Å²) < 4.78 is 0.680. The minimum Gasteiger partial charge on any atom is -0.492 e. The molecule has 0 radical (unpaired) electrons. The normalized spacial score (nSPS) is 10.9. The van der Waals surface area contributed by atoms with Gasteiger partial charge >= 0.3 is 0 Å². The van der Waals surface area contributed by atoms with Gasteiger partial charge in [0, 0.05) is 9.86 Å². The number of benzene rings is 1. The number of hydrogen-bond donors (Lipinski definition) is 2. The third-order valence-electron chi connectivity index (χ3n) is 2.75. The van der Waals surface area contributed by atoms with E-state index in [4.69, 9.17) is 0 Å². The predicted octanol–water partition coefficient (Wildman–Crippen LogP) is 3.22. The number of pyridine rings is 1. The van der Waals surface area contributed by atoms with E-state index in [9.17, 15) is 9.90 Å². The molecule has 20 heavy (non-hydrogen) atoms. The van der Waals surface area contributed by atoms with Crippen molar-refractivity contribution < 1.29 is 5.11 Å². The molecule has 7 heteroatoms. The zero-order valence-corrected chi connectivity index (χ0v) is 13.1. The fraction of sp³-hybridized carbons (Fsp3) is 0. The number of H-pyrrole nitrogens is 1. The van der Waals surface area contributed by atoms with Crippen molar-refractivity contribution in [3.8, 4) is 17.4 Å². The van der Waals surface area contributed by atoms with Crippen molar-refractivity contribution in [2.45, 2.75) is 0 Å². The molecule has 2 heterocycles. The van der Waals surface area contributed by atoms with Crippen LogP contribution in [0.25, 0.3) is 22.4 Å². The first-order chi connectivity index (χ1) is 9.56. The smallest absolute Gasteiger partial charge is 0.269 e. The van der Waals surface area contributed by atoms with Crippen LogP contribution in [0.2, 0.25) is 0 Å². The van der Waals surface area contributed by atoms with Crippen molar-refractivity contribution in [1.29, 1.82) is 0 Å². The molecule has 3 rings (SSSR count). The fourth-order valence-corrected chi connectivity index (χ4v) is 2.53. The standard InChI is InChI=1S/C13H7Br2N3O2/c14-7-5-6-3-1-2-4-8(6)16-10(7)11-17-12(19)9(15)13(20)18-11/h1-5H,(H2,17,18,19,20). The molecule has 0 aliphatic carbocycles. The van der Waals surface area contributed by atoms with Crippen LogP contribution >= 0.6 is 31.9 Å². The molecule has 0 unspecified atom stereocenters. The molecule has 0 aliphatic rings. The minimum atomic E-state index is -0.464. The lowest BCUT2D eigenvalue weighted by molar-refractivity contribution is 0.448. The van der Waals surface area contributed by atoms with Crippen molar-refractivity contribution in [2.75, 3.05) is 0 Å². The first-order valence-corrected chi connectivity index (χ1v) is 7.19. The van der Waals surface area contributed by atoms with Crippen LogP contribution in [-0.2, 0) is 0 Å². The second-order valence-electron chi connectivity index (χ2n) is 4.06. The van der Waals surface area contributed by atoms with Crippen LogP contribution < -0.4 is 5.56 Å². The molecule has 3 aromatic rings. The monoisotopic (exact) mass is 395 g/mol. The van der Waals surface area contributed by atoms with E-state index >= 15 is 0 Å². The zero-order valence-electron chi connectivity index (χ0n) is 9.89. The summed E-state index contributed by atoms with van der Waals surface area (Å²) in [6.07, 6.45) is 0. The van der Waals surface area contributed by atoms with Crippen LogP contribution in [0.3, 0.4) is 0 Å². The number of aromatic nitrogens is 3. The van der Waals surface area contributed by atoms with Gasteiger partial charge in [0.15, 0.2) is 5.82 Å². The van der Waals surface area contributed by atoms with Crippen LogP contribution in [0, 0.1) is 0 Å². The average Bonchev–Trinajstić information content (AvgIpc) is 2.43. The summed E-state index contributed by atoms with van der Waals surface area (Å²) >= 11 is 6.36. The largest absolute Gasteiger partial charge is 0.492 e. The molecule has 0 bridgehead atoms. The number of hydrogen-bond acceptors (Lipinski definition) is 4. The first-order valence-electron chi connectivity index (χ1n) is 5.60. The number of fused-ring (bicyclic) bond motifs is 1. The SMILES string of the molecule is O=c1[nH]c(-c2nc3ccccc3cc2Br)nc(O)c1Br. The van der Waals surface area contributed by atoms with Gasteiger partial charge in [-0.3, -0.25) is 4.79 Å². The highest BCUT2D eigenvalue weighted by Crippen LogP contribution is 2.28. The highest BCUT2D eigenvalue weighted by atomic mass is 79.9. The molecule has 0 saturated heterocycles. The topological polar surface area (TPSA) is 78.9 Å². The summed E-state index contributed by atoms with van der Waals surface area (Å²) in [7, 11) is 0.